The lowest BCUT2D eigenvalue weighted by atomic mass is 10.1. The third kappa shape index (κ3) is 3.28. The van der Waals surface area contributed by atoms with Gasteiger partial charge >= 0.3 is 5.97 Å². The van der Waals surface area contributed by atoms with Crippen molar-refractivity contribution in [1.29, 1.82) is 0 Å². The number of benzene rings is 1. The molecule has 0 radical (unpaired) electrons. The molecule has 1 aliphatic heterocycles. The summed E-state index contributed by atoms with van der Waals surface area (Å²) < 4.78 is 5.08. The molecule has 0 saturated carbocycles. The van der Waals surface area contributed by atoms with Crippen LogP contribution in [0.5, 0.6) is 0 Å². The maximum absolute atomic E-state index is 11.6. The monoisotopic (exact) mass is 259 g/mol. The van der Waals surface area contributed by atoms with Crippen molar-refractivity contribution in [2.24, 2.45) is 0 Å². The Balaban J connectivity index is 1.89. The number of aryl methyl sites for hydroxylation is 1. The van der Waals surface area contributed by atoms with E-state index in [4.69, 9.17) is 4.74 Å². The Morgan fingerprint density at radius 3 is 2.63 bits per heavy atom. The van der Waals surface area contributed by atoms with Gasteiger partial charge in [0.25, 0.3) is 11.8 Å². The van der Waals surface area contributed by atoms with E-state index in [1.165, 1.54) is 0 Å². The first-order valence-corrected chi connectivity index (χ1v) is 5.82. The van der Waals surface area contributed by atoms with Crippen LogP contribution < -0.4 is 5.32 Å². The van der Waals surface area contributed by atoms with E-state index in [9.17, 15) is 14.4 Å². The summed E-state index contributed by atoms with van der Waals surface area (Å²) in [5, 5.41) is 2.08. The largest absolute Gasteiger partial charge is 0.461 e. The number of carbonyl (C=O) groups excluding carboxylic acids is 3. The highest BCUT2D eigenvalue weighted by molar-refractivity contribution is 6.17. The summed E-state index contributed by atoms with van der Waals surface area (Å²) in [5.41, 5.74) is 2.08. The van der Waals surface area contributed by atoms with Crippen LogP contribution >= 0.6 is 0 Å². The number of imide groups is 1. The average molecular weight is 259 g/mol. The van der Waals surface area contributed by atoms with Crippen molar-refractivity contribution < 1.29 is 19.1 Å². The third-order valence-corrected chi connectivity index (χ3v) is 2.82. The Labute approximate surface area is 110 Å². The van der Waals surface area contributed by atoms with Gasteiger partial charge in [0.1, 0.15) is 6.61 Å². The van der Waals surface area contributed by atoms with Gasteiger partial charge in [0.05, 0.1) is 6.42 Å². The molecule has 0 fully saturated rings. The summed E-state index contributed by atoms with van der Waals surface area (Å²) in [6, 6.07) is 7.56. The smallest absolute Gasteiger partial charge is 0.310 e. The topological polar surface area (TPSA) is 72.5 Å². The molecule has 0 atom stereocenters. The molecule has 0 unspecified atom stereocenters. The minimum absolute atomic E-state index is 0.139. The van der Waals surface area contributed by atoms with E-state index in [0.29, 0.717) is 0 Å². The number of ether oxygens (including phenoxy) is 1. The predicted molar refractivity (Wildman–Crippen MR) is 66.8 cm³/mol. The molecule has 0 bridgehead atoms. The lowest BCUT2D eigenvalue weighted by molar-refractivity contribution is -0.144. The maximum atomic E-state index is 11.6. The van der Waals surface area contributed by atoms with Crippen LogP contribution in [-0.2, 0) is 25.7 Å². The van der Waals surface area contributed by atoms with Gasteiger partial charge < -0.3 is 4.74 Å². The van der Waals surface area contributed by atoms with E-state index in [0.717, 1.165) is 17.2 Å². The fourth-order valence-electron chi connectivity index (χ4n) is 1.72. The second-order valence-electron chi connectivity index (χ2n) is 4.25. The molecule has 5 nitrogen and oxygen atoms in total. The molecular weight excluding hydrogens is 246 g/mol. The van der Waals surface area contributed by atoms with E-state index in [-0.39, 0.29) is 18.6 Å². The van der Waals surface area contributed by atoms with Crippen molar-refractivity contribution in [2.75, 3.05) is 0 Å². The van der Waals surface area contributed by atoms with Crippen molar-refractivity contribution in [2.45, 2.75) is 20.0 Å². The lowest BCUT2D eigenvalue weighted by Gasteiger charge is -2.07. The molecule has 0 aliphatic carbocycles. The fraction of sp³-hybridized carbons (Fsp3) is 0.214. The molecule has 19 heavy (non-hydrogen) atoms. The first-order chi connectivity index (χ1) is 9.06. The Bertz CT molecular complexity index is 575. The summed E-state index contributed by atoms with van der Waals surface area (Å²) in [6.45, 7) is 2.09. The molecule has 1 aromatic carbocycles. The minimum atomic E-state index is -0.530. The standard InChI is InChI=1S/C14H13NO4/c1-9-4-2-3-5-10(9)8-19-13(17)7-11-6-12(16)15-14(11)18/h2-6H,7-8H2,1H3,(H,15,16,18). The number of nitrogens with one attached hydrogen (secondary N) is 1. The van der Waals surface area contributed by atoms with Gasteiger partial charge in [0.2, 0.25) is 0 Å². The maximum Gasteiger partial charge on any atom is 0.310 e. The van der Waals surface area contributed by atoms with Crippen LogP contribution in [0.2, 0.25) is 0 Å². The number of hydrogen-bond acceptors (Lipinski definition) is 4. The van der Waals surface area contributed by atoms with Gasteiger partial charge in [-0.05, 0) is 18.1 Å². The molecule has 98 valence electrons. The van der Waals surface area contributed by atoms with Gasteiger partial charge in [0.15, 0.2) is 0 Å². The minimum Gasteiger partial charge on any atom is -0.461 e. The SMILES string of the molecule is Cc1ccccc1COC(=O)CC1=CC(=O)NC1=O. The first-order valence-electron chi connectivity index (χ1n) is 5.82. The van der Waals surface area contributed by atoms with Gasteiger partial charge in [-0.25, -0.2) is 0 Å². The van der Waals surface area contributed by atoms with Crippen LogP contribution in [0.15, 0.2) is 35.9 Å². The molecule has 5 heteroatoms. The van der Waals surface area contributed by atoms with Gasteiger partial charge in [-0.1, -0.05) is 24.3 Å². The molecule has 1 aromatic rings. The van der Waals surface area contributed by atoms with E-state index < -0.39 is 17.8 Å². The van der Waals surface area contributed by atoms with E-state index in [2.05, 4.69) is 5.32 Å². The zero-order valence-corrected chi connectivity index (χ0v) is 10.4. The molecule has 0 spiro atoms. The molecule has 0 aromatic heterocycles. The van der Waals surface area contributed by atoms with Crippen LogP contribution in [0, 0.1) is 6.92 Å². The van der Waals surface area contributed by atoms with Crippen LogP contribution in [0.4, 0.5) is 0 Å². The van der Waals surface area contributed by atoms with E-state index in [1.54, 1.807) is 0 Å². The molecule has 1 N–H and O–H groups in total. The van der Waals surface area contributed by atoms with Crippen molar-refractivity contribution in [3.63, 3.8) is 0 Å². The summed E-state index contributed by atoms with van der Waals surface area (Å²) >= 11 is 0. The van der Waals surface area contributed by atoms with Crippen LogP contribution in [0.3, 0.4) is 0 Å². The lowest BCUT2D eigenvalue weighted by Crippen LogP contribution is -2.23. The number of esters is 1. The number of carbonyl (C=O) groups is 3. The third-order valence-electron chi connectivity index (χ3n) is 2.82. The van der Waals surface area contributed by atoms with Gasteiger partial charge in [-0.3, -0.25) is 19.7 Å². The number of hydrogen-bond donors (Lipinski definition) is 1. The highest BCUT2D eigenvalue weighted by Gasteiger charge is 2.23. The molecule has 2 amide bonds. The molecular formula is C14H13NO4. The Hall–Kier alpha value is -2.43. The number of rotatable bonds is 4. The molecule has 1 aliphatic rings. The summed E-state index contributed by atoms with van der Waals surface area (Å²) in [5.74, 6) is -1.55. The molecule has 1 heterocycles. The second kappa shape index (κ2) is 5.48. The van der Waals surface area contributed by atoms with Gasteiger partial charge in [-0.2, -0.15) is 0 Å². The molecule has 2 rings (SSSR count). The normalized spacial score (nSPS) is 14.1. The average Bonchev–Trinajstić information content (AvgIpc) is 2.67. The second-order valence-corrected chi connectivity index (χ2v) is 4.25. The van der Waals surface area contributed by atoms with Crippen LogP contribution in [-0.4, -0.2) is 17.8 Å². The van der Waals surface area contributed by atoms with Crippen molar-refractivity contribution in [3.05, 3.63) is 47.0 Å². The van der Waals surface area contributed by atoms with Gasteiger partial charge in [-0.15, -0.1) is 0 Å². The van der Waals surface area contributed by atoms with Gasteiger partial charge in [0, 0.05) is 11.6 Å². The van der Waals surface area contributed by atoms with Crippen molar-refractivity contribution in [1.82, 2.24) is 5.32 Å². The number of amides is 2. The summed E-state index contributed by atoms with van der Waals surface area (Å²) in [6.07, 6.45) is 0.931. The Kier molecular flexibility index (Phi) is 3.75. The first kappa shape index (κ1) is 13.0. The van der Waals surface area contributed by atoms with Crippen molar-refractivity contribution >= 4 is 17.8 Å². The van der Waals surface area contributed by atoms with E-state index in [1.807, 2.05) is 31.2 Å². The highest BCUT2D eigenvalue weighted by atomic mass is 16.5. The molecule has 0 saturated heterocycles. The van der Waals surface area contributed by atoms with Crippen LogP contribution in [0.25, 0.3) is 0 Å². The van der Waals surface area contributed by atoms with Crippen molar-refractivity contribution in [3.8, 4) is 0 Å². The highest BCUT2D eigenvalue weighted by Crippen LogP contribution is 2.12. The van der Waals surface area contributed by atoms with E-state index >= 15 is 0 Å². The zero-order valence-electron chi connectivity index (χ0n) is 10.4. The zero-order chi connectivity index (χ0) is 13.8. The van der Waals surface area contributed by atoms with Crippen LogP contribution in [0.1, 0.15) is 17.5 Å². The fourth-order valence-corrected chi connectivity index (χ4v) is 1.72. The summed E-state index contributed by atoms with van der Waals surface area (Å²) in [7, 11) is 0. The summed E-state index contributed by atoms with van der Waals surface area (Å²) in [4.78, 5) is 33.7. The quantitative estimate of drug-likeness (QED) is 0.647. The Morgan fingerprint density at radius 2 is 2.00 bits per heavy atom. The Morgan fingerprint density at radius 1 is 1.26 bits per heavy atom. The predicted octanol–water partition coefficient (Wildman–Crippen LogP) is 1.01.